The number of aromatic nitrogens is 2. The number of anilines is 2. The van der Waals surface area contributed by atoms with Gasteiger partial charge in [0, 0.05) is 18.1 Å². The monoisotopic (exact) mass is 440 g/mol. The molecule has 2 N–H and O–H groups in total. The van der Waals surface area contributed by atoms with E-state index in [1.54, 1.807) is 13.0 Å². The van der Waals surface area contributed by atoms with Crippen LogP contribution < -0.4 is 14.8 Å². The first-order chi connectivity index (χ1) is 14.7. The molecule has 9 heteroatoms. The molecule has 8 nitrogen and oxygen atoms in total. The number of nitrogens with zero attached hydrogens (tertiary/aromatic N) is 2. The fourth-order valence-corrected chi connectivity index (χ4v) is 3.82. The molecular formula is C22H24N4O4S. The highest BCUT2D eigenvalue weighted by molar-refractivity contribution is 7.92. The number of sulfonamides is 1. The molecule has 0 aliphatic carbocycles. The van der Waals surface area contributed by atoms with E-state index in [0.717, 1.165) is 16.7 Å². The molecule has 162 valence electrons. The lowest BCUT2D eigenvalue weighted by molar-refractivity contribution is -0.122. The number of ether oxygens (including phenoxy) is 1. The van der Waals surface area contributed by atoms with Gasteiger partial charge in [-0.25, -0.2) is 23.1 Å². The number of amides is 1. The van der Waals surface area contributed by atoms with Crippen LogP contribution in [-0.4, -0.2) is 30.4 Å². The number of aryl methyl sites for hydroxylation is 2. The van der Waals surface area contributed by atoms with Gasteiger partial charge in [-0.05, 0) is 80.8 Å². The van der Waals surface area contributed by atoms with Gasteiger partial charge in [-0.1, -0.05) is 6.07 Å². The summed E-state index contributed by atoms with van der Waals surface area (Å²) in [5.74, 6) is 0.299. The van der Waals surface area contributed by atoms with E-state index in [0.29, 0.717) is 11.4 Å². The Kier molecular flexibility index (Phi) is 6.55. The average molecular weight is 441 g/mol. The molecule has 1 aromatic heterocycles. The van der Waals surface area contributed by atoms with E-state index in [9.17, 15) is 13.2 Å². The zero-order valence-electron chi connectivity index (χ0n) is 17.7. The van der Waals surface area contributed by atoms with Gasteiger partial charge in [-0.3, -0.25) is 4.79 Å². The molecule has 1 unspecified atom stereocenters. The Morgan fingerprint density at radius 2 is 1.68 bits per heavy atom. The molecule has 3 rings (SSSR count). The molecule has 0 aliphatic heterocycles. The standard InChI is InChI=1S/C22H24N4O4S/c1-14-12-15(2)16(3)20(13-14)30-17(4)21(27)25-18-6-8-19(9-7-18)31(28,29)26-22-23-10-5-11-24-22/h5-13,17H,1-4H3,(H,25,27)(H,23,24,26). The molecule has 3 aromatic rings. The minimum atomic E-state index is -3.84. The molecule has 0 bridgehead atoms. The summed E-state index contributed by atoms with van der Waals surface area (Å²) in [6.07, 6.45) is 2.14. The lowest BCUT2D eigenvalue weighted by atomic mass is 10.1. The van der Waals surface area contributed by atoms with Gasteiger partial charge < -0.3 is 10.1 Å². The third-order valence-corrected chi connectivity index (χ3v) is 6.00. The number of rotatable bonds is 7. The van der Waals surface area contributed by atoms with Crippen molar-refractivity contribution in [1.82, 2.24) is 9.97 Å². The van der Waals surface area contributed by atoms with Crippen LogP contribution in [0.2, 0.25) is 0 Å². The number of hydrogen-bond donors (Lipinski definition) is 2. The Bertz CT molecular complexity index is 1180. The van der Waals surface area contributed by atoms with Crippen molar-refractivity contribution in [3.05, 3.63) is 71.5 Å². The minimum absolute atomic E-state index is 0.0208. The largest absolute Gasteiger partial charge is 0.481 e. The van der Waals surface area contributed by atoms with Crippen LogP contribution in [0.3, 0.4) is 0 Å². The third kappa shape index (κ3) is 5.58. The predicted octanol–water partition coefficient (Wildman–Crippen LogP) is 3.61. The molecule has 1 amide bonds. The first-order valence-corrected chi connectivity index (χ1v) is 11.1. The topological polar surface area (TPSA) is 110 Å². The number of nitrogens with one attached hydrogen (secondary N) is 2. The summed E-state index contributed by atoms with van der Waals surface area (Å²) in [5, 5.41) is 2.74. The maximum absolute atomic E-state index is 12.5. The van der Waals surface area contributed by atoms with Crippen molar-refractivity contribution >= 4 is 27.6 Å². The Balaban J connectivity index is 1.66. The van der Waals surface area contributed by atoms with Gasteiger partial charge in [0.2, 0.25) is 5.95 Å². The number of benzene rings is 2. The van der Waals surface area contributed by atoms with Gasteiger partial charge in [-0.15, -0.1) is 0 Å². The van der Waals surface area contributed by atoms with Gasteiger partial charge >= 0.3 is 0 Å². The Labute approximate surface area is 181 Å². The average Bonchev–Trinajstić information content (AvgIpc) is 2.72. The molecule has 0 radical (unpaired) electrons. The number of carbonyl (C=O) groups is 1. The van der Waals surface area contributed by atoms with Gasteiger partial charge in [0.1, 0.15) is 5.75 Å². The van der Waals surface area contributed by atoms with Crippen LogP contribution in [0.1, 0.15) is 23.6 Å². The Morgan fingerprint density at radius 1 is 1.03 bits per heavy atom. The van der Waals surface area contributed by atoms with Crippen molar-refractivity contribution in [2.24, 2.45) is 0 Å². The van der Waals surface area contributed by atoms with Crippen molar-refractivity contribution in [2.45, 2.75) is 38.7 Å². The van der Waals surface area contributed by atoms with Crippen molar-refractivity contribution in [1.29, 1.82) is 0 Å². The molecule has 0 spiro atoms. The molecule has 1 atom stereocenters. The van der Waals surface area contributed by atoms with Crippen LogP contribution in [-0.2, 0) is 14.8 Å². The van der Waals surface area contributed by atoms with Crippen LogP contribution in [0.15, 0.2) is 59.8 Å². The molecule has 0 aliphatic rings. The van der Waals surface area contributed by atoms with Gasteiger partial charge in [-0.2, -0.15) is 0 Å². The fourth-order valence-electron chi connectivity index (χ4n) is 2.86. The first kappa shape index (κ1) is 22.2. The van der Waals surface area contributed by atoms with Crippen LogP contribution in [0.5, 0.6) is 5.75 Å². The van der Waals surface area contributed by atoms with Crippen LogP contribution in [0.4, 0.5) is 11.6 Å². The maximum atomic E-state index is 12.5. The molecule has 2 aromatic carbocycles. The summed E-state index contributed by atoms with van der Waals surface area (Å²) in [4.78, 5) is 20.2. The van der Waals surface area contributed by atoms with Gasteiger partial charge in [0.05, 0.1) is 4.90 Å². The van der Waals surface area contributed by atoms with E-state index in [-0.39, 0.29) is 16.8 Å². The van der Waals surface area contributed by atoms with Crippen LogP contribution in [0, 0.1) is 20.8 Å². The Hall–Kier alpha value is -3.46. The highest BCUT2D eigenvalue weighted by Gasteiger charge is 2.18. The van der Waals surface area contributed by atoms with Crippen LogP contribution in [0.25, 0.3) is 0 Å². The molecule has 0 fully saturated rings. The lowest BCUT2D eigenvalue weighted by Crippen LogP contribution is -2.30. The van der Waals surface area contributed by atoms with Crippen molar-refractivity contribution in [3.63, 3.8) is 0 Å². The highest BCUT2D eigenvalue weighted by atomic mass is 32.2. The summed E-state index contributed by atoms with van der Waals surface area (Å²) in [7, 11) is -3.84. The normalized spacial score (nSPS) is 12.1. The number of hydrogen-bond acceptors (Lipinski definition) is 6. The van der Waals surface area contributed by atoms with E-state index in [1.165, 1.54) is 36.7 Å². The quantitative estimate of drug-likeness (QED) is 0.581. The van der Waals surface area contributed by atoms with Crippen molar-refractivity contribution in [2.75, 3.05) is 10.0 Å². The predicted molar refractivity (Wildman–Crippen MR) is 119 cm³/mol. The van der Waals surface area contributed by atoms with Crippen molar-refractivity contribution < 1.29 is 17.9 Å². The fraction of sp³-hybridized carbons (Fsp3) is 0.227. The summed E-state index contributed by atoms with van der Waals surface area (Å²) >= 11 is 0. The zero-order chi connectivity index (χ0) is 22.6. The SMILES string of the molecule is Cc1cc(C)c(C)c(OC(C)C(=O)Nc2ccc(S(=O)(=O)Nc3ncccn3)cc2)c1. The van der Waals surface area contributed by atoms with Crippen molar-refractivity contribution in [3.8, 4) is 5.75 Å². The number of carbonyl (C=O) groups excluding carboxylic acids is 1. The van der Waals surface area contributed by atoms with E-state index >= 15 is 0 Å². The molecule has 0 saturated heterocycles. The molecule has 0 saturated carbocycles. The van der Waals surface area contributed by atoms with E-state index in [1.807, 2.05) is 26.8 Å². The highest BCUT2D eigenvalue weighted by Crippen LogP contribution is 2.24. The van der Waals surface area contributed by atoms with Crippen LogP contribution >= 0.6 is 0 Å². The summed E-state index contributed by atoms with van der Waals surface area (Å²) in [6.45, 7) is 7.57. The Morgan fingerprint density at radius 3 is 2.32 bits per heavy atom. The lowest BCUT2D eigenvalue weighted by Gasteiger charge is -2.18. The second-order valence-electron chi connectivity index (χ2n) is 7.16. The second kappa shape index (κ2) is 9.13. The molecular weight excluding hydrogens is 416 g/mol. The van der Waals surface area contributed by atoms with E-state index < -0.39 is 16.1 Å². The zero-order valence-corrected chi connectivity index (χ0v) is 18.5. The maximum Gasteiger partial charge on any atom is 0.265 e. The summed E-state index contributed by atoms with van der Waals surface area (Å²) < 4.78 is 33.0. The third-order valence-electron chi connectivity index (χ3n) is 4.66. The molecule has 1 heterocycles. The van der Waals surface area contributed by atoms with Gasteiger partial charge in [0.25, 0.3) is 15.9 Å². The van der Waals surface area contributed by atoms with Gasteiger partial charge in [0.15, 0.2) is 6.10 Å². The minimum Gasteiger partial charge on any atom is -0.481 e. The summed E-state index contributed by atoms with van der Waals surface area (Å²) in [5.41, 5.74) is 3.58. The first-order valence-electron chi connectivity index (χ1n) is 9.61. The van der Waals surface area contributed by atoms with E-state index in [4.69, 9.17) is 4.74 Å². The molecule has 31 heavy (non-hydrogen) atoms. The second-order valence-corrected chi connectivity index (χ2v) is 8.84. The summed E-state index contributed by atoms with van der Waals surface area (Å²) in [6, 6.07) is 11.3. The smallest absolute Gasteiger partial charge is 0.265 e. The van der Waals surface area contributed by atoms with E-state index in [2.05, 4.69) is 26.1 Å².